The standard InChI is InChI=1S/C15H27N3O/c1-3-18(13-6-4-5-7-13)15(19)11-17(2)14(10-16)12-8-9-12/h6,12,14H,3-5,7-11,16H2,1-2H3. The fourth-order valence-electron chi connectivity index (χ4n) is 3.07. The maximum absolute atomic E-state index is 12.4. The Kier molecular flexibility index (Phi) is 4.99. The SMILES string of the molecule is CCN(C(=O)CN(C)C(CN)C1CC1)C1=CCCC1. The number of likely N-dealkylation sites (N-methyl/N-ethyl adjacent to an activating group) is 2. The molecule has 0 aromatic rings. The van der Waals surface area contributed by atoms with Crippen LogP contribution in [0.25, 0.3) is 0 Å². The van der Waals surface area contributed by atoms with E-state index in [2.05, 4.69) is 17.9 Å². The molecule has 0 heterocycles. The average molecular weight is 265 g/mol. The van der Waals surface area contributed by atoms with E-state index < -0.39 is 0 Å². The zero-order chi connectivity index (χ0) is 13.8. The molecule has 1 atom stereocenters. The van der Waals surface area contributed by atoms with Crippen molar-refractivity contribution in [3.8, 4) is 0 Å². The Morgan fingerprint density at radius 2 is 2.26 bits per heavy atom. The van der Waals surface area contributed by atoms with Gasteiger partial charge in [0, 0.05) is 24.8 Å². The van der Waals surface area contributed by atoms with Crippen molar-refractivity contribution in [2.45, 2.75) is 45.1 Å². The lowest BCUT2D eigenvalue weighted by Gasteiger charge is -2.30. The maximum Gasteiger partial charge on any atom is 0.240 e. The second kappa shape index (κ2) is 6.53. The highest BCUT2D eigenvalue weighted by molar-refractivity contribution is 5.80. The predicted octanol–water partition coefficient (Wildman–Crippen LogP) is 1.57. The van der Waals surface area contributed by atoms with E-state index in [0.29, 0.717) is 25.0 Å². The molecule has 4 heteroatoms. The van der Waals surface area contributed by atoms with Gasteiger partial charge in [0.2, 0.25) is 5.91 Å². The van der Waals surface area contributed by atoms with Crippen LogP contribution in [0.5, 0.6) is 0 Å². The van der Waals surface area contributed by atoms with Crippen LogP contribution in [0.15, 0.2) is 11.8 Å². The molecule has 2 aliphatic carbocycles. The smallest absolute Gasteiger partial charge is 0.240 e. The van der Waals surface area contributed by atoms with Gasteiger partial charge in [0.15, 0.2) is 0 Å². The van der Waals surface area contributed by atoms with Gasteiger partial charge in [-0.25, -0.2) is 0 Å². The highest BCUT2D eigenvalue weighted by Crippen LogP contribution is 2.34. The molecule has 19 heavy (non-hydrogen) atoms. The van der Waals surface area contributed by atoms with Crippen molar-refractivity contribution in [1.29, 1.82) is 0 Å². The molecular formula is C15H27N3O. The number of hydrogen-bond acceptors (Lipinski definition) is 3. The first kappa shape index (κ1) is 14.5. The molecule has 108 valence electrons. The van der Waals surface area contributed by atoms with Crippen molar-refractivity contribution in [3.63, 3.8) is 0 Å². The monoisotopic (exact) mass is 265 g/mol. The van der Waals surface area contributed by atoms with Gasteiger partial charge in [-0.3, -0.25) is 9.69 Å². The zero-order valence-electron chi connectivity index (χ0n) is 12.3. The lowest BCUT2D eigenvalue weighted by molar-refractivity contribution is -0.130. The minimum Gasteiger partial charge on any atom is -0.329 e. The van der Waals surface area contributed by atoms with E-state index in [1.807, 2.05) is 11.9 Å². The summed E-state index contributed by atoms with van der Waals surface area (Å²) in [6, 6.07) is 0.375. The Morgan fingerprint density at radius 1 is 1.53 bits per heavy atom. The topological polar surface area (TPSA) is 49.6 Å². The van der Waals surface area contributed by atoms with Gasteiger partial charge in [-0.1, -0.05) is 6.08 Å². The molecule has 0 aromatic carbocycles. The lowest BCUT2D eigenvalue weighted by Crippen LogP contribution is -2.46. The van der Waals surface area contributed by atoms with Crippen LogP contribution in [-0.4, -0.2) is 48.4 Å². The first-order chi connectivity index (χ1) is 9.17. The number of hydrogen-bond donors (Lipinski definition) is 1. The summed E-state index contributed by atoms with van der Waals surface area (Å²) >= 11 is 0. The number of amides is 1. The molecule has 0 spiro atoms. The van der Waals surface area contributed by atoms with Crippen LogP contribution in [0, 0.1) is 5.92 Å². The van der Waals surface area contributed by atoms with Crippen LogP contribution in [-0.2, 0) is 4.79 Å². The fraction of sp³-hybridized carbons (Fsp3) is 0.800. The number of allylic oxidation sites excluding steroid dienone is 2. The fourth-order valence-corrected chi connectivity index (χ4v) is 3.07. The molecule has 0 bridgehead atoms. The third-order valence-electron chi connectivity index (χ3n) is 4.34. The van der Waals surface area contributed by atoms with E-state index in [9.17, 15) is 4.79 Å². The van der Waals surface area contributed by atoms with Gasteiger partial charge in [-0.2, -0.15) is 0 Å². The van der Waals surface area contributed by atoms with Crippen LogP contribution in [0.3, 0.4) is 0 Å². The van der Waals surface area contributed by atoms with E-state index in [0.717, 1.165) is 19.4 Å². The zero-order valence-corrected chi connectivity index (χ0v) is 12.3. The molecule has 0 aromatic heterocycles. The third-order valence-corrected chi connectivity index (χ3v) is 4.34. The van der Waals surface area contributed by atoms with E-state index in [1.165, 1.54) is 25.0 Å². The van der Waals surface area contributed by atoms with Crippen LogP contribution in [0.2, 0.25) is 0 Å². The molecule has 4 nitrogen and oxygen atoms in total. The minimum absolute atomic E-state index is 0.220. The van der Waals surface area contributed by atoms with E-state index in [4.69, 9.17) is 5.73 Å². The van der Waals surface area contributed by atoms with Crippen molar-refractivity contribution < 1.29 is 4.79 Å². The summed E-state index contributed by atoms with van der Waals surface area (Å²) in [7, 11) is 2.03. The van der Waals surface area contributed by atoms with Crippen molar-refractivity contribution in [2.24, 2.45) is 11.7 Å². The molecular weight excluding hydrogens is 238 g/mol. The maximum atomic E-state index is 12.4. The molecule has 2 aliphatic rings. The van der Waals surface area contributed by atoms with Gasteiger partial charge in [-0.05, 0) is 52.0 Å². The molecule has 1 fully saturated rings. The summed E-state index contributed by atoms with van der Waals surface area (Å²) in [5.41, 5.74) is 7.06. The summed E-state index contributed by atoms with van der Waals surface area (Å²) in [5, 5.41) is 0. The van der Waals surface area contributed by atoms with Crippen molar-refractivity contribution in [1.82, 2.24) is 9.80 Å². The Morgan fingerprint density at radius 3 is 2.74 bits per heavy atom. The highest BCUT2D eigenvalue weighted by Gasteiger charge is 2.34. The largest absolute Gasteiger partial charge is 0.329 e. The van der Waals surface area contributed by atoms with E-state index in [-0.39, 0.29) is 5.91 Å². The Balaban J connectivity index is 1.90. The summed E-state index contributed by atoms with van der Waals surface area (Å²) in [4.78, 5) is 16.5. The van der Waals surface area contributed by atoms with Crippen LogP contribution in [0.4, 0.5) is 0 Å². The Labute approximate surface area is 116 Å². The summed E-state index contributed by atoms with van der Waals surface area (Å²) < 4.78 is 0. The number of nitrogens with zero attached hydrogens (tertiary/aromatic N) is 2. The van der Waals surface area contributed by atoms with Gasteiger partial charge in [0.25, 0.3) is 0 Å². The van der Waals surface area contributed by atoms with Crippen molar-refractivity contribution >= 4 is 5.91 Å². The number of nitrogens with two attached hydrogens (primary N) is 1. The summed E-state index contributed by atoms with van der Waals surface area (Å²) in [6.07, 6.45) is 8.09. The molecule has 2 N–H and O–H groups in total. The van der Waals surface area contributed by atoms with Crippen molar-refractivity contribution in [2.75, 3.05) is 26.7 Å². The van der Waals surface area contributed by atoms with Gasteiger partial charge < -0.3 is 10.6 Å². The lowest BCUT2D eigenvalue weighted by atomic mass is 10.1. The molecule has 0 radical (unpaired) electrons. The normalized spacial score (nSPS) is 20.5. The second-order valence-corrected chi connectivity index (χ2v) is 5.78. The first-order valence-electron chi connectivity index (χ1n) is 7.57. The molecule has 1 unspecified atom stereocenters. The molecule has 0 saturated heterocycles. The van der Waals surface area contributed by atoms with E-state index >= 15 is 0 Å². The van der Waals surface area contributed by atoms with Crippen molar-refractivity contribution in [3.05, 3.63) is 11.8 Å². The van der Waals surface area contributed by atoms with Crippen LogP contribution < -0.4 is 5.73 Å². The molecule has 2 rings (SSSR count). The molecule has 1 saturated carbocycles. The first-order valence-corrected chi connectivity index (χ1v) is 7.57. The minimum atomic E-state index is 0.220. The van der Waals surface area contributed by atoms with Gasteiger partial charge in [-0.15, -0.1) is 0 Å². The van der Waals surface area contributed by atoms with E-state index in [1.54, 1.807) is 0 Å². The number of carbonyl (C=O) groups excluding carboxylic acids is 1. The molecule has 1 amide bonds. The van der Waals surface area contributed by atoms with Gasteiger partial charge >= 0.3 is 0 Å². The highest BCUT2D eigenvalue weighted by atomic mass is 16.2. The molecule has 0 aliphatic heterocycles. The summed E-state index contributed by atoms with van der Waals surface area (Å²) in [6.45, 7) is 3.97. The summed E-state index contributed by atoms with van der Waals surface area (Å²) in [5.74, 6) is 0.931. The van der Waals surface area contributed by atoms with Crippen LogP contribution in [0.1, 0.15) is 39.0 Å². The Bertz CT molecular complexity index is 349. The Hall–Kier alpha value is -0.870. The number of rotatable bonds is 7. The van der Waals surface area contributed by atoms with Gasteiger partial charge in [0.05, 0.1) is 6.54 Å². The van der Waals surface area contributed by atoms with Gasteiger partial charge in [0.1, 0.15) is 0 Å². The third kappa shape index (κ3) is 3.57. The quantitative estimate of drug-likeness (QED) is 0.760. The predicted molar refractivity (Wildman–Crippen MR) is 77.5 cm³/mol. The van der Waals surface area contributed by atoms with Crippen LogP contribution >= 0.6 is 0 Å². The number of carbonyl (C=O) groups is 1. The second-order valence-electron chi connectivity index (χ2n) is 5.78. The average Bonchev–Trinajstić information content (AvgIpc) is 3.06.